The maximum absolute atomic E-state index is 13.0. The molecule has 0 radical (unpaired) electrons. The third-order valence-electron chi connectivity index (χ3n) is 8.19. The van der Waals surface area contributed by atoms with Crippen LogP contribution in [0, 0.1) is 17.8 Å². The van der Waals surface area contributed by atoms with Gasteiger partial charge in [-0.15, -0.1) is 0 Å². The average molecular weight is 475 g/mol. The lowest BCUT2D eigenvalue weighted by Gasteiger charge is -2.57. The standard InChI is InChI=1S/C24H31ClN4O4/c25-16-7-19(22(30)28-17-1-2-17)21(26-11-16)27-18-3-4-29(12-18)23(31)33-20-14-5-13-6-15(20)10-24(32,8-13)9-14/h7,11,13-15,17-18,20,32H,1-6,8-10,12H2,(H,26,27)(H,28,30)/t13?,14?,15?,18-,20-,24-/m1/s1. The van der Waals surface area contributed by atoms with Gasteiger partial charge in [-0.05, 0) is 75.2 Å². The second-order valence-electron chi connectivity index (χ2n) is 10.9. The number of anilines is 1. The van der Waals surface area contributed by atoms with E-state index in [9.17, 15) is 14.7 Å². The Labute approximate surface area is 198 Å². The van der Waals surface area contributed by atoms with Crippen LogP contribution < -0.4 is 10.6 Å². The Balaban J connectivity index is 1.07. The van der Waals surface area contributed by atoms with Crippen molar-refractivity contribution in [3.63, 3.8) is 0 Å². The number of amides is 2. The van der Waals surface area contributed by atoms with Crippen molar-refractivity contribution in [1.29, 1.82) is 0 Å². The summed E-state index contributed by atoms with van der Waals surface area (Å²) in [7, 11) is 0. The molecule has 5 aliphatic carbocycles. The van der Waals surface area contributed by atoms with Gasteiger partial charge >= 0.3 is 6.09 Å². The van der Waals surface area contributed by atoms with E-state index in [0.29, 0.717) is 35.4 Å². The van der Waals surface area contributed by atoms with E-state index in [1.807, 2.05) is 0 Å². The minimum absolute atomic E-state index is 0.0158. The Morgan fingerprint density at radius 3 is 2.61 bits per heavy atom. The molecule has 2 heterocycles. The van der Waals surface area contributed by atoms with Crippen LogP contribution in [-0.2, 0) is 4.74 Å². The maximum Gasteiger partial charge on any atom is 0.410 e. The molecule has 8 nitrogen and oxygen atoms in total. The van der Waals surface area contributed by atoms with Gasteiger partial charge in [0.2, 0.25) is 0 Å². The Morgan fingerprint density at radius 1 is 1.15 bits per heavy atom. The van der Waals surface area contributed by atoms with Crippen molar-refractivity contribution >= 4 is 29.4 Å². The smallest absolute Gasteiger partial charge is 0.410 e. The molecule has 178 valence electrons. The van der Waals surface area contributed by atoms with Gasteiger partial charge in [0.25, 0.3) is 5.91 Å². The molecule has 7 rings (SSSR count). The number of nitrogens with one attached hydrogen (secondary N) is 2. The fourth-order valence-electron chi connectivity index (χ4n) is 6.77. The molecule has 6 aliphatic rings. The van der Waals surface area contributed by atoms with E-state index >= 15 is 0 Å². The summed E-state index contributed by atoms with van der Waals surface area (Å²) >= 11 is 6.09. The minimum Gasteiger partial charge on any atom is -0.446 e. The normalized spacial score (nSPS) is 36.7. The third-order valence-corrected chi connectivity index (χ3v) is 8.40. The summed E-state index contributed by atoms with van der Waals surface area (Å²) in [5.74, 6) is 1.47. The first-order valence-electron chi connectivity index (χ1n) is 12.3. The predicted molar refractivity (Wildman–Crippen MR) is 122 cm³/mol. The lowest BCUT2D eigenvalue weighted by Crippen LogP contribution is -2.58. The van der Waals surface area contributed by atoms with Crippen molar-refractivity contribution in [2.24, 2.45) is 17.8 Å². The number of hydrogen-bond acceptors (Lipinski definition) is 6. The number of nitrogens with zero attached hydrogens (tertiary/aromatic N) is 2. The Morgan fingerprint density at radius 2 is 1.91 bits per heavy atom. The van der Waals surface area contributed by atoms with Gasteiger partial charge in [0.1, 0.15) is 11.9 Å². The highest BCUT2D eigenvalue weighted by atomic mass is 35.5. The van der Waals surface area contributed by atoms with E-state index in [0.717, 1.165) is 51.4 Å². The zero-order chi connectivity index (χ0) is 22.7. The van der Waals surface area contributed by atoms with Crippen molar-refractivity contribution in [3.05, 3.63) is 22.8 Å². The number of aliphatic hydroxyl groups is 1. The van der Waals surface area contributed by atoms with Crippen molar-refractivity contribution in [2.75, 3.05) is 18.4 Å². The molecule has 9 heteroatoms. The van der Waals surface area contributed by atoms with Crippen LogP contribution >= 0.6 is 11.6 Å². The van der Waals surface area contributed by atoms with Crippen LogP contribution in [0.25, 0.3) is 0 Å². The average Bonchev–Trinajstić information content (AvgIpc) is 3.44. The minimum atomic E-state index is -0.531. The summed E-state index contributed by atoms with van der Waals surface area (Å²) in [5, 5.41) is 17.5. The zero-order valence-electron chi connectivity index (χ0n) is 18.6. The van der Waals surface area contributed by atoms with Crippen molar-refractivity contribution in [3.8, 4) is 0 Å². The SMILES string of the molecule is O=C(NC1CC1)c1cc(Cl)cnc1N[C@@H]1CCN(C(=O)O[C@H]2C3CC4CC2C[C@](O)(C4)C3)C1. The van der Waals surface area contributed by atoms with E-state index in [2.05, 4.69) is 15.6 Å². The van der Waals surface area contributed by atoms with Crippen LogP contribution in [0.15, 0.2) is 12.3 Å². The van der Waals surface area contributed by atoms with Gasteiger partial charge in [-0.2, -0.15) is 0 Å². The number of halogens is 1. The number of ether oxygens (including phenoxy) is 1. The highest BCUT2D eigenvalue weighted by Crippen LogP contribution is 2.56. The highest BCUT2D eigenvalue weighted by Gasteiger charge is 2.56. The molecule has 1 aromatic heterocycles. The quantitative estimate of drug-likeness (QED) is 0.605. The predicted octanol–water partition coefficient (Wildman–Crippen LogP) is 3.19. The van der Waals surface area contributed by atoms with E-state index in [-0.39, 0.29) is 42.0 Å². The number of carbonyl (C=O) groups is 2. The maximum atomic E-state index is 13.0. The van der Waals surface area contributed by atoms with E-state index < -0.39 is 5.60 Å². The number of carbonyl (C=O) groups excluding carboxylic acids is 2. The highest BCUT2D eigenvalue weighted by molar-refractivity contribution is 6.31. The first-order chi connectivity index (χ1) is 15.8. The molecule has 4 bridgehead atoms. The third kappa shape index (κ3) is 4.28. The first kappa shape index (κ1) is 21.5. The second kappa shape index (κ2) is 8.01. The second-order valence-corrected chi connectivity index (χ2v) is 11.4. The van der Waals surface area contributed by atoms with E-state index in [1.54, 1.807) is 11.0 Å². The number of rotatable bonds is 5. The topological polar surface area (TPSA) is 104 Å². The van der Waals surface area contributed by atoms with Gasteiger partial charge in [0, 0.05) is 31.4 Å². The van der Waals surface area contributed by atoms with Crippen molar-refractivity contribution in [1.82, 2.24) is 15.2 Å². The molecule has 1 aromatic rings. The molecular weight excluding hydrogens is 444 g/mol. The monoisotopic (exact) mass is 474 g/mol. The molecule has 0 aromatic carbocycles. The van der Waals surface area contributed by atoms with Gasteiger partial charge in [0.05, 0.1) is 16.2 Å². The number of hydrogen-bond donors (Lipinski definition) is 3. The van der Waals surface area contributed by atoms with Gasteiger partial charge in [0.15, 0.2) is 0 Å². The van der Waals surface area contributed by atoms with E-state index in [4.69, 9.17) is 16.3 Å². The van der Waals surface area contributed by atoms with Crippen LogP contribution in [0.1, 0.15) is 61.7 Å². The molecule has 1 saturated heterocycles. The number of likely N-dealkylation sites (tertiary alicyclic amines) is 1. The largest absolute Gasteiger partial charge is 0.446 e. The molecule has 3 N–H and O–H groups in total. The van der Waals surface area contributed by atoms with Gasteiger partial charge in [-0.3, -0.25) is 4.79 Å². The molecule has 33 heavy (non-hydrogen) atoms. The fourth-order valence-corrected chi connectivity index (χ4v) is 6.93. The summed E-state index contributed by atoms with van der Waals surface area (Å²) in [6, 6.07) is 1.86. The molecule has 1 aliphatic heterocycles. The van der Waals surface area contributed by atoms with Crippen molar-refractivity contribution in [2.45, 2.75) is 75.2 Å². The molecule has 6 fully saturated rings. The first-order valence-corrected chi connectivity index (χ1v) is 12.6. The van der Waals surface area contributed by atoms with Crippen LogP contribution in [0.4, 0.5) is 10.6 Å². The van der Waals surface area contributed by atoms with Gasteiger partial charge in [-0.1, -0.05) is 11.6 Å². The number of aromatic nitrogens is 1. The Hall–Kier alpha value is -2.06. The molecule has 5 saturated carbocycles. The molecule has 2 amide bonds. The van der Waals surface area contributed by atoms with Gasteiger partial charge in [-0.25, -0.2) is 9.78 Å². The zero-order valence-corrected chi connectivity index (χ0v) is 19.4. The van der Waals surface area contributed by atoms with Crippen LogP contribution in [0.5, 0.6) is 0 Å². The van der Waals surface area contributed by atoms with Crippen LogP contribution in [0.3, 0.4) is 0 Å². The van der Waals surface area contributed by atoms with Gasteiger partial charge < -0.3 is 25.4 Å². The molecule has 0 spiro atoms. The van der Waals surface area contributed by atoms with Crippen molar-refractivity contribution < 1.29 is 19.4 Å². The van der Waals surface area contributed by atoms with E-state index in [1.165, 1.54) is 6.20 Å². The molecule has 3 atom stereocenters. The summed E-state index contributed by atoms with van der Waals surface area (Å²) in [5.41, 5.74) is -0.0982. The lowest BCUT2D eigenvalue weighted by atomic mass is 9.53. The lowest BCUT2D eigenvalue weighted by molar-refractivity contribution is -0.177. The summed E-state index contributed by atoms with van der Waals surface area (Å²) in [4.78, 5) is 31.7. The Bertz CT molecular complexity index is 954. The summed E-state index contributed by atoms with van der Waals surface area (Å²) < 4.78 is 6.03. The summed E-state index contributed by atoms with van der Waals surface area (Å²) in [6.45, 7) is 1.10. The number of pyridine rings is 1. The summed E-state index contributed by atoms with van der Waals surface area (Å²) in [6.07, 6.45) is 8.52. The van der Waals surface area contributed by atoms with Crippen LogP contribution in [0.2, 0.25) is 5.02 Å². The van der Waals surface area contributed by atoms with Crippen LogP contribution in [-0.4, -0.2) is 63.9 Å². The molecular formula is C24H31ClN4O4. The molecule has 2 unspecified atom stereocenters. The Kier molecular flexibility index (Phi) is 5.21. The fraction of sp³-hybridized carbons (Fsp3) is 0.708.